The summed E-state index contributed by atoms with van der Waals surface area (Å²) in [5.41, 5.74) is 8.60. The van der Waals surface area contributed by atoms with E-state index in [1.165, 1.54) is 25.7 Å². The van der Waals surface area contributed by atoms with Crippen molar-refractivity contribution >= 4 is 50.2 Å². The Morgan fingerprint density at radius 1 is 1.04 bits per heavy atom. The number of alkyl halides is 6. The molecule has 48 heavy (non-hydrogen) atoms. The SMILES string of the molecule is COc1c(C(C)n2ccc(=O)c3c(N)ncnc32)cc(Cl)c(C)c1-c1cncc(S(C)(=O)=O)c1.O=C(O)C(F)(F)F.O=C(O)C(F)(F)F. The highest BCUT2D eigenvalue weighted by Gasteiger charge is 2.39. The number of carboxylic acids is 2. The summed E-state index contributed by atoms with van der Waals surface area (Å²) in [6.07, 6.45) is -3.26. The molecule has 0 saturated carbocycles. The molecule has 0 aliphatic heterocycles. The number of fused-ring (bicyclic) bond motifs is 1. The lowest BCUT2D eigenvalue weighted by atomic mass is 9.94. The number of carboxylic acid groups (broad SMARTS) is 2. The van der Waals surface area contributed by atoms with Gasteiger partial charge in [-0.3, -0.25) is 9.78 Å². The number of nitrogens with zero attached hydrogens (tertiary/aromatic N) is 4. The number of methoxy groups -OCH3 is 1. The van der Waals surface area contributed by atoms with Crippen LogP contribution in [0, 0.1) is 6.92 Å². The van der Waals surface area contributed by atoms with Gasteiger partial charge in [-0.2, -0.15) is 26.3 Å². The minimum Gasteiger partial charge on any atom is -0.496 e. The summed E-state index contributed by atoms with van der Waals surface area (Å²) in [5.74, 6) is -4.93. The molecule has 3 heterocycles. The molecule has 1 unspecified atom stereocenters. The van der Waals surface area contributed by atoms with Crippen molar-refractivity contribution in [3.8, 4) is 16.9 Å². The number of aromatic nitrogens is 4. The van der Waals surface area contributed by atoms with Crippen molar-refractivity contribution in [2.45, 2.75) is 37.1 Å². The second kappa shape index (κ2) is 14.8. The molecule has 0 saturated heterocycles. The van der Waals surface area contributed by atoms with Gasteiger partial charge in [-0.1, -0.05) is 11.6 Å². The molecule has 260 valence electrons. The fourth-order valence-corrected chi connectivity index (χ4v) is 4.77. The average molecular weight is 728 g/mol. The second-order valence-corrected chi connectivity index (χ2v) is 11.9. The van der Waals surface area contributed by atoms with Crippen molar-refractivity contribution in [3.63, 3.8) is 0 Å². The molecule has 0 fully saturated rings. The van der Waals surface area contributed by atoms with Crippen molar-refractivity contribution < 1.29 is 59.3 Å². The number of benzene rings is 1. The number of nitrogen functional groups attached to an aromatic ring is 1. The number of hydrogen-bond acceptors (Lipinski definition) is 10. The average Bonchev–Trinajstić information content (AvgIpc) is 2.97. The van der Waals surface area contributed by atoms with Crippen LogP contribution in [0.15, 0.2) is 52.8 Å². The Hall–Kier alpha value is -4.98. The predicted molar refractivity (Wildman–Crippen MR) is 158 cm³/mol. The number of rotatable bonds is 5. The molecule has 0 bridgehead atoms. The normalized spacial score (nSPS) is 12.2. The Bertz CT molecular complexity index is 2000. The van der Waals surface area contributed by atoms with Gasteiger partial charge in [0.05, 0.1) is 18.0 Å². The Labute approximate surface area is 271 Å². The second-order valence-electron chi connectivity index (χ2n) is 9.49. The fraction of sp³-hybridized carbons (Fsp3) is 0.259. The van der Waals surface area contributed by atoms with Gasteiger partial charge >= 0.3 is 24.3 Å². The van der Waals surface area contributed by atoms with E-state index in [1.807, 2.05) is 13.8 Å². The van der Waals surface area contributed by atoms with Gasteiger partial charge in [-0.15, -0.1) is 0 Å². The molecule has 4 rings (SSSR count). The number of carbonyl (C=O) groups is 2. The van der Waals surface area contributed by atoms with Gasteiger partial charge in [0.25, 0.3) is 0 Å². The zero-order valence-electron chi connectivity index (χ0n) is 24.9. The van der Waals surface area contributed by atoms with E-state index in [4.69, 9.17) is 41.9 Å². The molecule has 0 aliphatic carbocycles. The summed E-state index contributed by atoms with van der Waals surface area (Å²) < 4.78 is 95.3. The monoisotopic (exact) mass is 727 g/mol. The molecular weight excluding hydrogens is 704 g/mol. The Balaban J connectivity index is 0.000000479. The molecule has 21 heteroatoms. The van der Waals surface area contributed by atoms with Crippen LogP contribution in [0.5, 0.6) is 5.75 Å². The molecule has 3 aromatic heterocycles. The quantitative estimate of drug-likeness (QED) is 0.240. The van der Waals surface area contributed by atoms with Crippen LogP contribution >= 0.6 is 11.6 Å². The maximum atomic E-state index is 12.4. The van der Waals surface area contributed by atoms with Crippen LogP contribution in [0.25, 0.3) is 22.2 Å². The molecule has 0 aliphatic rings. The molecular formula is C27H24ClF6N5O8S. The smallest absolute Gasteiger partial charge is 0.490 e. The maximum absolute atomic E-state index is 12.4. The lowest BCUT2D eigenvalue weighted by molar-refractivity contribution is -0.193. The first-order valence-electron chi connectivity index (χ1n) is 12.7. The van der Waals surface area contributed by atoms with Gasteiger partial charge < -0.3 is 25.3 Å². The summed E-state index contributed by atoms with van der Waals surface area (Å²) in [7, 11) is -1.95. The Kier molecular flexibility index (Phi) is 12.1. The van der Waals surface area contributed by atoms with E-state index >= 15 is 0 Å². The standard InChI is InChI=1S/C23H22ClN5O4S.2C2HF3O2/c1-12-17(24)8-16(13(2)29-6-5-18(30)20-22(25)27-11-28-23(20)29)21(33-3)19(12)14-7-15(10-26-9-14)34(4,31)32;2*3-2(4,5)1(6)7/h5-11,13H,1-4H3,(H2,25,27,28);2*(H,6,7). The van der Waals surface area contributed by atoms with Crippen LogP contribution < -0.4 is 15.9 Å². The number of aliphatic carboxylic acids is 2. The van der Waals surface area contributed by atoms with E-state index in [2.05, 4.69) is 15.0 Å². The summed E-state index contributed by atoms with van der Waals surface area (Å²) in [5, 5.41) is 14.9. The largest absolute Gasteiger partial charge is 0.496 e. The van der Waals surface area contributed by atoms with Crippen molar-refractivity contribution in [2.75, 3.05) is 19.1 Å². The number of halogens is 7. The third-order valence-electron chi connectivity index (χ3n) is 6.23. The molecule has 1 aromatic carbocycles. The fourth-order valence-electron chi connectivity index (χ4n) is 3.97. The van der Waals surface area contributed by atoms with Crippen molar-refractivity contribution in [3.05, 3.63) is 69.5 Å². The minimum atomic E-state index is -5.08. The van der Waals surface area contributed by atoms with Crippen LogP contribution in [0.1, 0.15) is 24.1 Å². The van der Waals surface area contributed by atoms with Gasteiger partial charge in [-0.05, 0) is 31.5 Å². The predicted octanol–water partition coefficient (Wildman–Crippen LogP) is 4.69. The highest BCUT2D eigenvalue weighted by molar-refractivity contribution is 7.90. The first-order chi connectivity index (χ1) is 21.9. The number of anilines is 1. The zero-order valence-corrected chi connectivity index (χ0v) is 26.5. The molecule has 0 amide bonds. The van der Waals surface area contributed by atoms with E-state index < -0.39 is 40.2 Å². The number of sulfone groups is 1. The highest BCUT2D eigenvalue weighted by atomic mass is 35.5. The maximum Gasteiger partial charge on any atom is 0.490 e. The Morgan fingerprint density at radius 3 is 2.06 bits per heavy atom. The van der Waals surface area contributed by atoms with Crippen LogP contribution in [-0.4, -0.2) is 75.8 Å². The molecule has 1 atom stereocenters. The van der Waals surface area contributed by atoms with Gasteiger partial charge in [0.2, 0.25) is 0 Å². The first kappa shape index (κ1) is 39.2. The summed E-state index contributed by atoms with van der Waals surface area (Å²) in [6.45, 7) is 3.73. The van der Waals surface area contributed by atoms with Crippen molar-refractivity contribution in [1.82, 2.24) is 19.5 Å². The zero-order chi connectivity index (χ0) is 36.9. The van der Waals surface area contributed by atoms with Gasteiger partial charge in [-0.25, -0.2) is 28.0 Å². The molecule has 0 spiro atoms. The van der Waals surface area contributed by atoms with E-state index in [0.29, 0.717) is 38.7 Å². The first-order valence-corrected chi connectivity index (χ1v) is 14.9. The summed E-state index contributed by atoms with van der Waals surface area (Å²) in [4.78, 5) is 42.6. The number of ether oxygens (including phenoxy) is 1. The topological polar surface area (TPSA) is 205 Å². The summed E-state index contributed by atoms with van der Waals surface area (Å²) >= 11 is 6.63. The van der Waals surface area contributed by atoms with Crippen LogP contribution in [0.2, 0.25) is 5.02 Å². The number of pyridine rings is 2. The minimum absolute atomic E-state index is 0.0830. The molecule has 13 nitrogen and oxygen atoms in total. The lowest BCUT2D eigenvalue weighted by Gasteiger charge is -2.24. The van der Waals surface area contributed by atoms with Crippen molar-refractivity contribution in [2.24, 2.45) is 0 Å². The molecule has 4 aromatic rings. The van der Waals surface area contributed by atoms with E-state index in [1.54, 1.807) is 29.1 Å². The van der Waals surface area contributed by atoms with Crippen LogP contribution in [-0.2, 0) is 19.4 Å². The van der Waals surface area contributed by atoms with Crippen LogP contribution in [0.3, 0.4) is 0 Å². The molecule has 0 radical (unpaired) electrons. The van der Waals surface area contributed by atoms with E-state index in [-0.39, 0.29) is 21.5 Å². The van der Waals surface area contributed by atoms with Crippen molar-refractivity contribution in [1.29, 1.82) is 0 Å². The number of nitrogens with two attached hydrogens (primary N) is 1. The number of hydrogen-bond donors (Lipinski definition) is 3. The lowest BCUT2D eigenvalue weighted by Crippen LogP contribution is -2.21. The van der Waals surface area contributed by atoms with Crippen LogP contribution in [0.4, 0.5) is 32.2 Å². The van der Waals surface area contributed by atoms with Gasteiger partial charge in [0, 0.05) is 52.6 Å². The summed E-state index contributed by atoms with van der Waals surface area (Å²) in [6, 6.07) is 4.34. The molecule has 4 N–H and O–H groups in total. The van der Waals surface area contributed by atoms with Gasteiger partial charge in [0.1, 0.15) is 28.9 Å². The highest BCUT2D eigenvalue weighted by Crippen LogP contribution is 2.43. The van der Waals surface area contributed by atoms with Gasteiger partial charge in [0.15, 0.2) is 15.3 Å². The third kappa shape index (κ3) is 9.31. The Morgan fingerprint density at radius 2 is 1.58 bits per heavy atom. The third-order valence-corrected chi connectivity index (χ3v) is 7.70. The van der Waals surface area contributed by atoms with E-state index in [9.17, 15) is 39.6 Å². The van der Waals surface area contributed by atoms with E-state index in [0.717, 1.165) is 6.26 Å².